The predicted octanol–water partition coefficient (Wildman–Crippen LogP) is 3.97. The number of para-hydroxylation sites is 1. The maximum Gasteiger partial charge on any atom is 0.0722 e. The molecule has 3 heteroatoms. The Morgan fingerprint density at radius 3 is 2.58 bits per heavy atom. The second kappa shape index (κ2) is 4.38. The van der Waals surface area contributed by atoms with E-state index in [0.29, 0.717) is 17.5 Å². The molecule has 2 aliphatic heterocycles. The van der Waals surface area contributed by atoms with Gasteiger partial charge in [-0.3, -0.25) is 4.98 Å². The van der Waals surface area contributed by atoms with Crippen LogP contribution in [0.5, 0.6) is 0 Å². The van der Waals surface area contributed by atoms with E-state index in [2.05, 4.69) is 40.2 Å². The summed E-state index contributed by atoms with van der Waals surface area (Å²) in [6, 6.07) is 11.8. The molecule has 2 bridgehead atoms. The van der Waals surface area contributed by atoms with Crippen molar-refractivity contribution in [1.29, 1.82) is 0 Å². The first kappa shape index (κ1) is 11.5. The quantitative estimate of drug-likeness (QED) is 0.730. The average Bonchev–Trinajstić information content (AvgIpc) is 2.70. The van der Waals surface area contributed by atoms with E-state index in [4.69, 9.17) is 11.6 Å². The summed E-state index contributed by atoms with van der Waals surface area (Å²) in [6.07, 6.45) is 6.74. The molecule has 0 saturated carbocycles. The smallest absolute Gasteiger partial charge is 0.0722 e. The van der Waals surface area contributed by atoms with Crippen LogP contribution < -0.4 is 4.90 Å². The van der Waals surface area contributed by atoms with Crippen molar-refractivity contribution in [3.8, 4) is 0 Å². The number of piperidine rings is 1. The highest BCUT2D eigenvalue weighted by Gasteiger charge is 2.40. The minimum atomic E-state index is 0.363. The van der Waals surface area contributed by atoms with Crippen molar-refractivity contribution in [2.45, 2.75) is 43.1 Å². The zero-order valence-electron chi connectivity index (χ0n) is 10.8. The fourth-order valence-electron chi connectivity index (χ4n) is 3.81. The van der Waals surface area contributed by atoms with E-state index in [9.17, 15) is 0 Å². The maximum atomic E-state index is 6.38. The summed E-state index contributed by atoms with van der Waals surface area (Å²) in [5.74, 6) is 0. The lowest BCUT2D eigenvalue weighted by atomic mass is 10.0. The second-order valence-electron chi connectivity index (χ2n) is 5.71. The van der Waals surface area contributed by atoms with Gasteiger partial charge < -0.3 is 4.90 Å². The normalized spacial score (nSPS) is 29.9. The molecular weight excluding hydrogens is 256 g/mol. The van der Waals surface area contributed by atoms with E-state index in [-0.39, 0.29) is 0 Å². The zero-order chi connectivity index (χ0) is 12.8. The van der Waals surface area contributed by atoms with Crippen molar-refractivity contribution in [2.24, 2.45) is 0 Å². The summed E-state index contributed by atoms with van der Waals surface area (Å²) < 4.78 is 0. The Balaban J connectivity index is 1.83. The molecule has 2 saturated heterocycles. The van der Waals surface area contributed by atoms with Crippen LogP contribution in [0.25, 0.3) is 10.9 Å². The summed E-state index contributed by atoms with van der Waals surface area (Å²) in [5, 5.41) is 1.64. The van der Waals surface area contributed by atoms with Crippen molar-refractivity contribution in [3.05, 3.63) is 36.5 Å². The number of nitrogens with zero attached hydrogens (tertiary/aromatic N) is 2. The molecule has 2 aliphatic rings. The molecule has 2 aromatic rings. The van der Waals surface area contributed by atoms with Crippen LogP contribution >= 0.6 is 11.6 Å². The standard InChI is InChI=1S/C16H17ClN2/c17-11-9-12-5-6-13(10-11)19(12)16-7-8-18-15-4-2-1-3-14(15)16/h1-4,7-8,11-13H,5-6,9-10H2. The average molecular weight is 273 g/mol. The molecule has 4 rings (SSSR count). The highest BCUT2D eigenvalue weighted by atomic mass is 35.5. The van der Waals surface area contributed by atoms with Crippen LogP contribution in [-0.4, -0.2) is 22.4 Å². The van der Waals surface area contributed by atoms with Gasteiger partial charge in [-0.15, -0.1) is 11.6 Å². The first-order valence-corrected chi connectivity index (χ1v) is 7.53. The fraction of sp³-hybridized carbons (Fsp3) is 0.438. The fourth-order valence-corrected chi connectivity index (χ4v) is 4.22. The van der Waals surface area contributed by atoms with Crippen LogP contribution in [0.15, 0.2) is 36.5 Å². The number of hydrogen-bond acceptors (Lipinski definition) is 2. The molecular formula is C16H17ClN2. The molecule has 0 amide bonds. The van der Waals surface area contributed by atoms with Crippen LogP contribution in [0.1, 0.15) is 25.7 Å². The van der Waals surface area contributed by atoms with E-state index in [1.165, 1.54) is 23.9 Å². The Kier molecular flexibility index (Phi) is 2.66. The lowest BCUT2D eigenvalue weighted by Crippen LogP contribution is -2.43. The van der Waals surface area contributed by atoms with E-state index in [1.807, 2.05) is 6.20 Å². The topological polar surface area (TPSA) is 16.1 Å². The summed E-state index contributed by atoms with van der Waals surface area (Å²) in [5.41, 5.74) is 2.44. The van der Waals surface area contributed by atoms with Crippen molar-refractivity contribution in [2.75, 3.05) is 4.90 Å². The number of rotatable bonds is 1. The van der Waals surface area contributed by atoms with Gasteiger partial charge in [0.2, 0.25) is 0 Å². The number of fused-ring (bicyclic) bond motifs is 3. The van der Waals surface area contributed by atoms with Crippen molar-refractivity contribution >= 4 is 28.2 Å². The Morgan fingerprint density at radius 1 is 1.05 bits per heavy atom. The molecule has 2 nitrogen and oxygen atoms in total. The molecule has 1 aromatic heterocycles. The van der Waals surface area contributed by atoms with Gasteiger partial charge in [0, 0.05) is 34.7 Å². The highest BCUT2D eigenvalue weighted by molar-refractivity contribution is 6.20. The van der Waals surface area contributed by atoms with E-state index < -0.39 is 0 Å². The molecule has 2 atom stereocenters. The van der Waals surface area contributed by atoms with Gasteiger partial charge in [0.05, 0.1) is 5.52 Å². The molecule has 0 N–H and O–H groups in total. The van der Waals surface area contributed by atoms with Crippen LogP contribution in [0.3, 0.4) is 0 Å². The zero-order valence-corrected chi connectivity index (χ0v) is 11.6. The molecule has 1 aromatic carbocycles. The van der Waals surface area contributed by atoms with E-state index in [1.54, 1.807) is 0 Å². The lowest BCUT2D eigenvalue weighted by Gasteiger charge is -2.39. The summed E-state index contributed by atoms with van der Waals surface area (Å²) >= 11 is 6.38. The predicted molar refractivity (Wildman–Crippen MR) is 79.9 cm³/mol. The third kappa shape index (κ3) is 1.81. The minimum absolute atomic E-state index is 0.363. The molecule has 2 fully saturated rings. The molecule has 0 spiro atoms. The summed E-state index contributed by atoms with van der Waals surface area (Å²) in [6.45, 7) is 0. The van der Waals surface area contributed by atoms with Gasteiger partial charge in [-0.2, -0.15) is 0 Å². The van der Waals surface area contributed by atoms with Crippen LogP contribution in [0.2, 0.25) is 0 Å². The number of alkyl halides is 1. The lowest BCUT2D eigenvalue weighted by molar-refractivity contribution is 0.475. The maximum absolute atomic E-state index is 6.38. The minimum Gasteiger partial charge on any atom is -0.365 e. The Labute approximate surface area is 118 Å². The van der Waals surface area contributed by atoms with Crippen LogP contribution in [-0.2, 0) is 0 Å². The van der Waals surface area contributed by atoms with Crippen molar-refractivity contribution < 1.29 is 0 Å². The van der Waals surface area contributed by atoms with Crippen LogP contribution in [0, 0.1) is 0 Å². The number of aromatic nitrogens is 1. The van der Waals surface area contributed by atoms with Gasteiger partial charge >= 0.3 is 0 Å². The molecule has 19 heavy (non-hydrogen) atoms. The van der Waals surface area contributed by atoms with Gasteiger partial charge in [0.15, 0.2) is 0 Å². The number of pyridine rings is 1. The van der Waals surface area contributed by atoms with Crippen molar-refractivity contribution in [1.82, 2.24) is 4.98 Å². The number of hydrogen-bond donors (Lipinski definition) is 0. The molecule has 2 unspecified atom stereocenters. The van der Waals surface area contributed by atoms with Gasteiger partial charge in [-0.05, 0) is 37.8 Å². The molecule has 3 heterocycles. The number of benzene rings is 1. The first-order chi connectivity index (χ1) is 9.33. The van der Waals surface area contributed by atoms with E-state index >= 15 is 0 Å². The van der Waals surface area contributed by atoms with Gasteiger partial charge in [-0.25, -0.2) is 0 Å². The largest absolute Gasteiger partial charge is 0.365 e. The monoisotopic (exact) mass is 272 g/mol. The number of halogens is 1. The van der Waals surface area contributed by atoms with Gasteiger partial charge in [-0.1, -0.05) is 18.2 Å². The SMILES string of the molecule is ClC1CC2CCC(C1)N2c1ccnc2ccccc12. The Bertz CT molecular complexity index is 593. The summed E-state index contributed by atoms with van der Waals surface area (Å²) in [7, 11) is 0. The third-order valence-corrected chi connectivity index (χ3v) is 4.94. The number of anilines is 1. The molecule has 0 aliphatic carbocycles. The van der Waals surface area contributed by atoms with Crippen molar-refractivity contribution in [3.63, 3.8) is 0 Å². The van der Waals surface area contributed by atoms with Gasteiger partial charge in [0.25, 0.3) is 0 Å². The Hall–Kier alpha value is -1.28. The molecule has 98 valence electrons. The van der Waals surface area contributed by atoms with Crippen LogP contribution in [0.4, 0.5) is 5.69 Å². The highest BCUT2D eigenvalue weighted by Crippen LogP contribution is 2.42. The molecule has 0 radical (unpaired) electrons. The second-order valence-corrected chi connectivity index (χ2v) is 6.33. The van der Waals surface area contributed by atoms with Gasteiger partial charge in [0.1, 0.15) is 0 Å². The Morgan fingerprint density at radius 2 is 1.79 bits per heavy atom. The third-order valence-electron chi connectivity index (χ3n) is 4.58. The summed E-state index contributed by atoms with van der Waals surface area (Å²) in [4.78, 5) is 7.08. The first-order valence-electron chi connectivity index (χ1n) is 7.09. The van der Waals surface area contributed by atoms with E-state index in [0.717, 1.165) is 18.4 Å².